The third-order valence-corrected chi connectivity index (χ3v) is 3.84. The SMILES string of the molecule is CCS(=O)CCNC(=O)N(CCC(=O)O)C(C)(C)C. The zero-order chi connectivity index (χ0) is 15.1. The van der Waals surface area contributed by atoms with Crippen LogP contribution in [0.1, 0.15) is 34.1 Å². The van der Waals surface area contributed by atoms with Gasteiger partial charge in [0.05, 0.1) is 6.42 Å². The third kappa shape index (κ3) is 7.81. The van der Waals surface area contributed by atoms with E-state index in [4.69, 9.17) is 5.11 Å². The van der Waals surface area contributed by atoms with Gasteiger partial charge in [-0.15, -0.1) is 0 Å². The van der Waals surface area contributed by atoms with Crippen LogP contribution in [-0.2, 0) is 15.6 Å². The van der Waals surface area contributed by atoms with Gasteiger partial charge in [-0.3, -0.25) is 9.00 Å². The van der Waals surface area contributed by atoms with Gasteiger partial charge in [0.2, 0.25) is 0 Å². The van der Waals surface area contributed by atoms with Crippen molar-refractivity contribution in [2.75, 3.05) is 24.6 Å². The minimum absolute atomic E-state index is 0.0917. The van der Waals surface area contributed by atoms with Crippen LogP contribution in [-0.4, -0.2) is 56.3 Å². The first-order valence-corrected chi connectivity index (χ1v) is 7.79. The maximum absolute atomic E-state index is 12.0. The predicted octanol–water partition coefficient (Wildman–Crippen LogP) is 1.04. The predicted molar refractivity (Wildman–Crippen MR) is 75.7 cm³/mol. The summed E-state index contributed by atoms with van der Waals surface area (Å²) in [6.45, 7) is 7.85. The van der Waals surface area contributed by atoms with Crippen molar-refractivity contribution < 1.29 is 18.9 Å². The van der Waals surface area contributed by atoms with E-state index in [0.29, 0.717) is 18.1 Å². The molecule has 0 saturated carbocycles. The molecule has 0 rings (SSSR count). The van der Waals surface area contributed by atoms with Crippen molar-refractivity contribution in [3.05, 3.63) is 0 Å². The molecule has 0 aliphatic rings. The molecule has 0 aromatic heterocycles. The molecule has 2 amide bonds. The van der Waals surface area contributed by atoms with Gasteiger partial charge < -0.3 is 15.3 Å². The van der Waals surface area contributed by atoms with Crippen molar-refractivity contribution >= 4 is 22.8 Å². The third-order valence-electron chi connectivity index (χ3n) is 2.53. The molecule has 0 spiro atoms. The average Bonchev–Trinajstić information content (AvgIpc) is 2.26. The molecule has 0 aromatic carbocycles. The largest absolute Gasteiger partial charge is 0.481 e. The number of nitrogens with one attached hydrogen (secondary N) is 1. The normalized spacial score (nSPS) is 12.8. The molecule has 19 heavy (non-hydrogen) atoms. The molecule has 0 aliphatic carbocycles. The molecule has 6 nitrogen and oxygen atoms in total. The summed E-state index contributed by atoms with van der Waals surface area (Å²) in [4.78, 5) is 24.1. The highest BCUT2D eigenvalue weighted by Crippen LogP contribution is 2.13. The van der Waals surface area contributed by atoms with Crippen LogP contribution in [0.25, 0.3) is 0 Å². The zero-order valence-corrected chi connectivity index (χ0v) is 12.9. The van der Waals surface area contributed by atoms with Crippen LogP contribution in [0.5, 0.6) is 0 Å². The molecule has 1 unspecified atom stereocenters. The molecule has 0 heterocycles. The number of carboxylic acids is 1. The van der Waals surface area contributed by atoms with E-state index in [1.54, 1.807) is 0 Å². The Morgan fingerprint density at radius 2 is 1.89 bits per heavy atom. The first kappa shape index (κ1) is 17.9. The standard InChI is InChI=1S/C12H24N2O4S/c1-5-19(18)9-7-13-11(17)14(12(2,3)4)8-6-10(15)16/h5-9H2,1-4H3,(H,13,17)(H,15,16). The monoisotopic (exact) mass is 292 g/mol. The Balaban J connectivity index is 4.39. The number of aliphatic carboxylic acids is 1. The molecule has 0 bridgehead atoms. The van der Waals surface area contributed by atoms with E-state index >= 15 is 0 Å². The number of carbonyl (C=O) groups is 2. The summed E-state index contributed by atoms with van der Waals surface area (Å²) in [5.74, 6) is 0.0472. The summed E-state index contributed by atoms with van der Waals surface area (Å²) in [5, 5.41) is 11.4. The zero-order valence-electron chi connectivity index (χ0n) is 12.1. The van der Waals surface area contributed by atoms with Gasteiger partial charge in [0.25, 0.3) is 0 Å². The number of hydrogen-bond donors (Lipinski definition) is 2. The molecule has 112 valence electrons. The van der Waals surface area contributed by atoms with E-state index in [-0.39, 0.29) is 19.0 Å². The highest BCUT2D eigenvalue weighted by molar-refractivity contribution is 7.84. The van der Waals surface area contributed by atoms with Gasteiger partial charge in [0, 0.05) is 40.9 Å². The molecular weight excluding hydrogens is 268 g/mol. The van der Waals surface area contributed by atoms with E-state index in [1.165, 1.54) is 4.90 Å². The highest BCUT2D eigenvalue weighted by atomic mass is 32.2. The highest BCUT2D eigenvalue weighted by Gasteiger charge is 2.26. The number of carbonyl (C=O) groups excluding carboxylic acids is 1. The van der Waals surface area contributed by atoms with E-state index in [9.17, 15) is 13.8 Å². The number of amides is 2. The second-order valence-corrected chi connectivity index (χ2v) is 7.00. The molecule has 0 saturated heterocycles. The smallest absolute Gasteiger partial charge is 0.317 e. The minimum Gasteiger partial charge on any atom is -0.481 e. The minimum atomic E-state index is -0.936. The maximum atomic E-state index is 12.0. The Morgan fingerprint density at radius 3 is 2.32 bits per heavy atom. The molecule has 1 atom stereocenters. The van der Waals surface area contributed by atoms with E-state index in [1.807, 2.05) is 27.7 Å². The van der Waals surface area contributed by atoms with Crippen LogP contribution >= 0.6 is 0 Å². The van der Waals surface area contributed by atoms with Crippen molar-refractivity contribution in [3.63, 3.8) is 0 Å². The number of carboxylic acid groups (broad SMARTS) is 1. The van der Waals surface area contributed by atoms with Gasteiger partial charge in [-0.2, -0.15) is 0 Å². The molecule has 7 heteroatoms. The van der Waals surface area contributed by atoms with Crippen molar-refractivity contribution in [2.45, 2.75) is 39.7 Å². The number of hydrogen-bond acceptors (Lipinski definition) is 3. The second-order valence-electron chi connectivity index (χ2n) is 5.13. The van der Waals surface area contributed by atoms with Crippen molar-refractivity contribution in [2.24, 2.45) is 0 Å². The Hall–Kier alpha value is -1.11. The summed E-state index contributed by atoms with van der Waals surface area (Å²) in [5.41, 5.74) is -0.455. The first-order valence-electron chi connectivity index (χ1n) is 6.30. The molecule has 0 aromatic rings. The maximum Gasteiger partial charge on any atom is 0.317 e. The molecular formula is C12H24N2O4S. The average molecular weight is 292 g/mol. The van der Waals surface area contributed by atoms with Gasteiger partial charge in [-0.1, -0.05) is 6.92 Å². The fourth-order valence-electron chi connectivity index (χ4n) is 1.46. The van der Waals surface area contributed by atoms with Crippen molar-refractivity contribution in [1.29, 1.82) is 0 Å². The van der Waals surface area contributed by atoms with Crippen LogP contribution in [0, 0.1) is 0 Å². The fraction of sp³-hybridized carbons (Fsp3) is 0.833. The van der Waals surface area contributed by atoms with Gasteiger partial charge in [-0.05, 0) is 20.8 Å². The summed E-state index contributed by atoms with van der Waals surface area (Å²) in [6, 6.07) is -0.318. The van der Waals surface area contributed by atoms with Gasteiger partial charge >= 0.3 is 12.0 Å². The fourth-order valence-corrected chi connectivity index (χ4v) is 2.08. The molecule has 0 aliphatic heterocycles. The number of urea groups is 1. The number of rotatable bonds is 7. The lowest BCUT2D eigenvalue weighted by Gasteiger charge is -2.35. The second kappa shape index (κ2) is 8.14. The van der Waals surface area contributed by atoms with Gasteiger partial charge in [-0.25, -0.2) is 4.79 Å². The Kier molecular flexibility index (Phi) is 7.66. The first-order chi connectivity index (χ1) is 8.68. The lowest BCUT2D eigenvalue weighted by Crippen LogP contribution is -2.51. The summed E-state index contributed by atoms with van der Waals surface area (Å²) in [6.07, 6.45) is -0.0917. The topological polar surface area (TPSA) is 86.7 Å². The van der Waals surface area contributed by atoms with Crippen molar-refractivity contribution in [3.8, 4) is 0 Å². The Bertz CT molecular complexity index is 339. The van der Waals surface area contributed by atoms with Crippen LogP contribution in [0.4, 0.5) is 4.79 Å². The van der Waals surface area contributed by atoms with Crippen LogP contribution in [0.15, 0.2) is 0 Å². The molecule has 2 N–H and O–H groups in total. The van der Waals surface area contributed by atoms with Crippen LogP contribution < -0.4 is 5.32 Å². The van der Waals surface area contributed by atoms with E-state index < -0.39 is 22.3 Å². The Labute approximate surface area is 117 Å². The lowest BCUT2D eigenvalue weighted by molar-refractivity contribution is -0.137. The Morgan fingerprint density at radius 1 is 1.32 bits per heavy atom. The summed E-state index contributed by atoms with van der Waals surface area (Å²) >= 11 is 0. The van der Waals surface area contributed by atoms with E-state index in [0.717, 1.165) is 0 Å². The van der Waals surface area contributed by atoms with Crippen LogP contribution in [0.3, 0.4) is 0 Å². The van der Waals surface area contributed by atoms with Crippen molar-refractivity contribution in [1.82, 2.24) is 10.2 Å². The molecule has 0 radical (unpaired) electrons. The summed E-state index contributed by atoms with van der Waals surface area (Å²) < 4.78 is 11.2. The van der Waals surface area contributed by atoms with Crippen LogP contribution in [0.2, 0.25) is 0 Å². The molecule has 0 fully saturated rings. The number of nitrogens with zero attached hydrogens (tertiary/aromatic N) is 1. The lowest BCUT2D eigenvalue weighted by atomic mass is 10.1. The van der Waals surface area contributed by atoms with E-state index in [2.05, 4.69) is 5.32 Å². The van der Waals surface area contributed by atoms with Gasteiger partial charge in [0.1, 0.15) is 0 Å². The summed E-state index contributed by atoms with van der Waals surface area (Å²) in [7, 11) is -0.916. The van der Waals surface area contributed by atoms with Gasteiger partial charge in [0.15, 0.2) is 0 Å². The quantitative estimate of drug-likeness (QED) is 0.734.